The van der Waals surface area contributed by atoms with Crippen LogP contribution >= 0.6 is 0 Å². The number of hydrogen-bond acceptors (Lipinski definition) is 2. The van der Waals surface area contributed by atoms with Gasteiger partial charge in [-0.25, -0.2) is 8.78 Å². The quantitative estimate of drug-likeness (QED) is 0.788. The summed E-state index contributed by atoms with van der Waals surface area (Å²) in [6, 6.07) is 3.35. The molecule has 0 aliphatic heterocycles. The third kappa shape index (κ3) is 2.99. The van der Waals surface area contributed by atoms with Gasteiger partial charge in [-0.2, -0.15) is 0 Å². The molecule has 100 valence electrons. The summed E-state index contributed by atoms with van der Waals surface area (Å²) in [5.41, 5.74) is -0.309. The maximum atomic E-state index is 13.5. The van der Waals surface area contributed by atoms with Crippen LogP contribution in [-0.4, -0.2) is 18.7 Å². The summed E-state index contributed by atoms with van der Waals surface area (Å²) in [5, 5.41) is 3.24. The first-order valence-corrected chi connectivity index (χ1v) is 6.50. The largest absolute Gasteiger partial charge is 0.484 e. The minimum atomic E-state index is -0.494. The topological polar surface area (TPSA) is 21.3 Å². The molecule has 0 unspecified atom stereocenters. The molecule has 1 aliphatic carbocycles. The van der Waals surface area contributed by atoms with Crippen molar-refractivity contribution >= 4 is 0 Å². The lowest BCUT2D eigenvalue weighted by molar-refractivity contribution is -0.0172. The minimum absolute atomic E-state index is 0.0335. The molecule has 1 saturated carbocycles. The molecule has 0 spiro atoms. The SMILES string of the molecule is CCNCCC1(Oc2cc(F)ccc2F)CCC1. The molecular weight excluding hydrogens is 236 g/mol. The number of rotatable bonds is 6. The summed E-state index contributed by atoms with van der Waals surface area (Å²) in [6.45, 7) is 3.79. The average Bonchev–Trinajstić information content (AvgIpc) is 2.30. The van der Waals surface area contributed by atoms with Crippen molar-refractivity contribution < 1.29 is 13.5 Å². The van der Waals surface area contributed by atoms with Crippen LogP contribution in [0.25, 0.3) is 0 Å². The van der Waals surface area contributed by atoms with Gasteiger partial charge in [-0.1, -0.05) is 6.92 Å². The maximum Gasteiger partial charge on any atom is 0.165 e. The molecule has 0 radical (unpaired) electrons. The first-order chi connectivity index (χ1) is 8.65. The zero-order chi connectivity index (χ0) is 13.0. The van der Waals surface area contributed by atoms with Gasteiger partial charge in [0.2, 0.25) is 0 Å². The fraction of sp³-hybridized carbons (Fsp3) is 0.571. The highest BCUT2D eigenvalue weighted by molar-refractivity contribution is 5.26. The molecule has 2 rings (SSSR count). The van der Waals surface area contributed by atoms with Crippen molar-refractivity contribution in [2.75, 3.05) is 13.1 Å². The standard InChI is InChI=1S/C14H19F2NO/c1-2-17-9-8-14(6-3-7-14)18-13-10-11(15)4-5-12(13)16/h4-5,10,17H,2-3,6-9H2,1H3. The summed E-state index contributed by atoms with van der Waals surface area (Å²) in [4.78, 5) is 0. The van der Waals surface area contributed by atoms with E-state index in [4.69, 9.17) is 4.74 Å². The summed E-state index contributed by atoms with van der Waals surface area (Å²) < 4.78 is 32.4. The van der Waals surface area contributed by atoms with Crippen LogP contribution in [0.1, 0.15) is 32.6 Å². The third-order valence-electron chi connectivity index (χ3n) is 3.49. The van der Waals surface area contributed by atoms with E-state index in [1.807, 2.05) is 6.92 Å². The van der Waals surface area contributed by atoms with Crippen molar-refractivity contribution in [2.45, 2.75) is 38.2 Å². The molecule has 1 aromatic carbocycles. The van der Waals surface area contributed by atoms with Gasteiger partial charge in [0.1, 0.15) is 11.4 Å². The van der Waals surface area contributed by atoms with E-state index in [1.54, 1.807) is 0 Å². The first kappa shape index (κ1) is 13.3. The second-order valence-electron chi connectivity index (χ2n) is 4.82. The lowest BCUT2D eigenvalue weighted by Crippen LogP contribution is -2.45. The van der Waals surface area contributed by atoms with Crippen LogP contribution in [-0.2, 0) is 0 Å². The number of ether oxygens (including phenoxy) is 1. The molecule has 1 aromatic rings. The van der Waals surface area contributed by atoms with Crippen molar-refractivity contribution in [2.24, 2.45) is 0 Å². The van der Waals surface area contributed by atoms with Crippen molar-refractivity contribution in [3.63, 3.8) is 0 Å². The van der Waals surface area contributed by atoms with Gasteiger partial charge < -0.3 is 10.1 Å². The Morgan fingerprint density at radius 2 is 2.11 bits per heavy atom. The molecule has 4 heteroatoms. The molecule has 0 saturated heterocycles. The Hall–Kier alpha value is -1.16. The first-order valence-electron chi connectivity index (χ1n) is 6.50. The molecule has 0 aromatic heterocycles. The molecule has 1 N–H and O–H groups in total. The molecular formula is C14H19F2NO. The predicted octanol–water partition coefficient (Wildman–Crippen LogP) is 3.27. The Balaban J connectivity index is 2.03. The van der Waals surface area contributed by atoms with E-state index in [1.165, 1.54) is 0 Å². The molecule has 0 amide bonds. The summed E-state index contributed by atoms with van der Waals surface area (Å²) in [5.74, 6) is -0.926. The lowest BCUT2D eigenvalue weighted by Gasteiger charge is -2.42. The number of nitrogens with one attached hydrogen (secondary N) is 1. The molecule has 0 heterocycles. The Morgan fingerprint density at radius 1 is 1.33 bits per heavy atom. The minimum Gasteiger partial charge on any atom is -0.484 e. The van der Waals surface area contributed by atoms with Crippen LogP contribution in [0.2, 0.25) is 0 Å². The van der Waals surface area contributed by atoms with Gasteiger partial charge in [0.15, 0.2) is 11.6 Å². The highest BCUT2D eigenvalue weighted by Crippen LogP contribution is 2.39. The summed E-state index contributed by atoms with van der Waals surface area (Å²) in [6.07, 6.45) is 3.74. The van der Waals surface area contributed by atoms with Crippen molar-refractivity contribution in [3.8, 4) is 5.75 Å². The van der Waals surface area contributed by atoms with Crippen LogP contribution in [0.4, 0.5) is 8.78 Å². The molecule has 18 heavy (non-hydrogen) atoms. The summed E-state index contributed by atoms with van der Waals surface area (Å²) in [7, 11) is 0. The van der Waals surface area contributed by atoms with Crippen LogP contribution in [0.5, 0.6) is 5.75 Å². The van der Waals surface area contributed by atoms with Crippen molar-refractivity contribution in [1.29, 1.82) is 0 Å². The van der Waals surface area contributed by atoms with E-state index in [-0.39, 0.29) is 11.4 Å². The predicted molar refractivity (Wildman–Crippen MR) is 66.7 cm³/mol. The van der Waals surface area contributed by atoms with Gasteiger partial charge >= 0.3 is 0 Å². The third-order valence-corrected chi connectivity index (χ3v) is 3.49. The van der Waals surface area contributed by atoms with E-state index in [9.17, 15) is 8.78 Å². The lowest BCUT2D eigenvalue weighted by atomic mass is 9.77. The average molecular weight is 255 g/mol. The molecule has 1 aliphatic rings. The van der Waals surface area contributed by atoms with Gasteiger partial charge in [0.05, 0.1) is 0 Å². The van der Waals surface area contributed by atoms with E-state index < -0.39 is 11.6 Å². The van der Waals surface area contributed by atoms with Gasteiger partial charge in [-0.3, -0.25) is 0 Å². The maximum absolute atomic E-state index is 13.5. The Labute approximate surface area is 106 Å². The molecule has 1 fully saturated rings. The van der Waals surface area contributed by atoms with Crippen molar-refractivity contribution in [1.82, 2.24) is 5.32 Å². The Bertz CT molecular complexity index is 405. The smallest absolute Gasteiger partial charge is 0.165 e. The van der Waals surface area contributed by atoms with E-state index in [0.717, 1.165) is 57.0 Å². The Morgan fingerprint density at radius 3 is 2.72 bits per heavy atom. The van der Waals surface area contributed by atoms with Gasteiger partial charge in [-0.15, -0.1) is 0 Å². The van der Waals surface area contributed by atoms with E-state index >= 15 is 0 Å². The second kappa shape index (κ2) is 5.65. The zero-order valence-electron chi connectivity index (χ0n) is 10.6. The highest BCUT2D eigenvalue weighted by atomic mass is 19.1. The second-order valence-corrected chi connectivity index (χ2v) is 4.82. The fourth-order valence-electron chi connectivity index (χ4n) is 2.26. The fourth-order valence-corrected chi connectivity index (χ4v) is 2.26. The van der Waals surface area contributed by atoms with Crippen molar-refractivity contribution in [3.05, 3.63) is 29.8 Å². The van der Waals surface area contributed by atoms with E-state index in [2.05, 4.69) is 5.32 Å². The Kier molecular flexibility index (Phi) is 4.17. The number of halogens is 2. The number of hydrogen-bond donors (Lipinski definition) is 1. The summed E-state index contributed by atoms with van der Waals surface area (Å²) >= 11 is 0. The van der Waals surface area contributed by atoms with Gasteiger partial charge in [-0.05, 0) is 50.9 Å². The van der Waals surface area contributed by atoms with E-state index in [0.29, 0.717) is 0 Å². The zero-order valence-corrected chi connectivity index (χ0v) is 10.6. The van der Waals surface area contributed by atoms with Crippen LogP contribution in [0.3, 0.4) is 0 Å². The normalized spacial score (nSPS) is 17.3. The molecule has 2 nitrogen and oxygen atoms in total. The monoisotopic (exact) mass is 255 g/mol. The van der Waals surface area contributed by atoms with Gasteiger partial charge in [0, 0.05) is 6.07 Å². The number of benzene rings is 1. The highest BCUT2D eigenvalue weighted by Gasteiger charge is 2.39. The molecule has 0 bridgehead atoms. The van der Waals surface area contributed by atoms with Crippen LogP contribution in [0.15, 0.2) is 18.2 Å². The molecule has 0 atom stereocenters. The van der Waals surface area contributed by atoms with Gasteiger partial charge in [0.25, 0.3) is 0 Å². The van der Waals surface area contributed by atoms with Crippen LogP contribution in [0, 0.1) is 11.6 Å². The van der Waals surface area contributed by atoms with Crippen LogP contribution < -0.4 is 10.1 Å².